The number of hydrogen-bond donors (Lipinski definition) is 1. The van der Waals surface area contributed by atoms with E-state index in [2.05, 4.69) is 33.0 Å². The van der Waals surface area contributed by atoms with Gasteiger partial charge in [0.15, 0.2) is 4.34 Å². The molecule has 0 spiro atoms. The van der Waals surface area contributed by atoms with Crippen molar-refractivity contribution >= 4 is 39.6 Å². The summed E-state index contributed by atoms with van der Waals surface area (Å²) in [5.41, 5.74) is 2.28. The number of benzene rings is 1. The van der Waals surface area contributed by atoms with Crippen LogP contribution >= 0.6 is 34.4 Å². The highest BCUT2D eigenvalue weighted by Gasteiger charge is 2.15. The van der Waals surface area contributed by atoms with Gasteiger partial charge in [-0.1, -0.05) is 72.7 Å². The van der Waals surface area contributed by atoms with Gasteiger partial charge in [0.2, 0.25) is 5.13 Å². The first-order valence-corrected chi connectivity index (χ1v) is 11.3. The van der Waals surface area contributed by atoms with Crippen LogP contribution in [-0.2, 0) is 5.75 Å². The van der Waals surface area contributed by atoms with E-state index in [9.17, 15) is 0 Å². The van der Waals surface area contributed by atoms with Crippen molar-refractivity contribution in [1.82, 2.24) is 15.2 Å². The molecule has 1 aromatic carbocycles. The van der Waals surface area contributed by atoms with Gasteiger partial charge in [0.1, 0.15) is 5.01 Å². The van der Waals surface area contributed by atoms with Gasteiger partial charge in [-0.15, -0.1) is 21.5 Å². The molecule has 0 radical (unpaired) electrons. The third-order valence-electron chi connectivity index (χ3n) is 4.26. The average Bonchev–Trinajstić information content (AvgIpc) is 3.31. The zero-order valence-corrected chi connectivity index (χ0v) is 16.3. The molecule has 0 atom stereocenters. The minimum atomic E-state index is 0.575. The minimum Gasteiger partial charge on any atom is -0.357 e. The molecule has 0 unspecified atom stereocenters. The third kappa shape index (κ3) is 4.59. The Morgan fingerprint density at radius 1 is 1.08 bits per heavy atom. The molecular weight excluding hydrogens is 368 g/mol. The maximum absolute atomic E-state index is 4.73. The number of anilines is 1. The second kappa shape index (κ2) is 8.29. The number of thiazole rings is 1. The van der Waals surface area contributed by atoms with Crippen LogP contribution in [0.3, 0.4) is 0 Å². The van der Waals surface area contributed by atoms with Gasteiger partial charge in [-0.2, -0.15) is 0 Å². The molecule has 7 heteroatoms. The van der Waals surface area contributed by atoms with Crippen molar-refractivity contribution in [3.05, 3.63) is 41.4 Å². The molecule has 1 fully saturated rings. The highest BCUT2D eigenvalue weighted by Crippen LogP contribution is 2.31. The van der Waals surface area contributed by atoms with E-state index >= 15 is 0 Å². The maximum atomic E-state index is 4.73. The first-order valence-electron chi connectivity index (χ1n) is 8.59. The van der Waals surface area contributed by atoms with E-state index in [4.69, 9.17) is 4.98 Å². The lowest BCUT2D eigenvalue weighted by Gasteiger charge is -2.21. The van der Waals surface area contributed by atoms with Crippen LogP contribution in [0.4, 0.5) is 5.13 Å². The van der Waals surface area contributed by atoms with Gasteiger partial charge in [-0.3, -0.25) is 0 Å². The van der Waals surface area contributed by atoms with Gasteiger partial charge in [-0.25, -0.2) is 4.98 Å². The van der Waals surface area contributed by atoms with E-state index < -0.39 is 0 Å². The summed E-state index contributed by atoms with van der Waals surface area (Å²) >= 11 is 5.07. The van der Waals surface area contributed by atoms with Gasteiger partial charge >= 0.3 is 0 Å². The van der Waals surface area contributed by atoms with Gasteiger partial charge in [-0.05, 0) is 12.8 Å². The molecule has 130 valence electrons. The summed E-state index contributed by atoms with van der Waals surface area (Å²) in [7, 11) is 0. The fourth-order valence-electron chi connectivity index (χ4n) is 2.97. The van der Waals surface area contributed by atoms with E-state index in [-0.39, 0.29) is 0 Å². The average molecular weight is 389 g/mol. The lowest BCUT2D eigenvalue weighted by molar-refractivity contribution is 0.462. The predicted octanol–water partition coefficient (Wildman–Crippen LogP) is 5.70. The van der Waals surface area contributed by atoms with Gasteiger partial charge in [0.05, 0.1) is 5.69 Å². The van der Waals surface area contributed by atoms with Gasteiger partial charge in [0.25, 0.3) is 0 Å². The third-order valence-corrected chi connectivity index (χ3v) is 7.22. The van der Waals surface area contributed by atoms with Crippen molar-refractivity contribution < 1.29 is 0 Å². The molecule has 2 aromatic heterocycles. The Morgan fingerprint density at radius 2 is 1.92 bits per heavy atom. The van der Waals surface area contributed by atoms with Crippen LogP contribution in [0.5, 0.6) is 0 Å². The van der Waals surface area contributed by atoms with Gasteiger partial charge < -0.3 is 5.32 Å². The van der Waals surface area contributed by atoms with Crippen molar-refractivity contribution in [2.45, 2.75) is 48.2 Å². The van der Waals surface area contributed by atoms with Crippen LogP contribution in [0.25, 0.3) is 10.6 Å². The summed E-state index contributed by atoms with van der Waals surface area (Å²) in [4.78, 5) is 4.73. The summed E-state index contributed by atoms with van der Waals surface area (Å²) in [5, 5.41) is 16.3. The Bertz CT molecular complexity index is 794. The normalized spacial score (nSPS) is 15.4. The molecule has 3 aromatic rings. The first kappa shape index (κ1) is 17.0. The first-order chi connectivity index (χ1) is 12.4. The Morgan fingerprint density at radius 3 is 2.76 bits per heavy atom. The number of rotatable bonds is 6. The molecule has 0 saturated heterocycles. The molecule has 4 rings (SSSR count). The monoisotopic (exact) mass is 388 g/mol. The quantitative estimate of drug-likeness (QED) is 0.549. The van der Waals surface area contributed by atoms with Crippen LogP contribution in [0.15, 0.2) is 40.1 Å². The zero-order chi connectivity index (χ0) is 16.9. The minimum absolute atomic E-state index is 0.575. The zero-order valence-electron chi connectivity index (χ0n) is 13.9. The van der Waals surface area contributed by atoms with E-state index in [0.29, 0.717) is 6.04 Å². The Hall–Kier alpha value is -1.44. The van der Waals surface area contributed by atoms with E-state index in [1.165, 1.54) is 37.7 Å². The lowest BCUT2D eigenvalue weighted by Crippen LogP contribution is -2.21. The second-order valence-electron chi connectivity index (χ2n) is 6.15. The molecule has 0 aliphatic heterocycles. The van der Waals surface area contributed by atoms with Crippen molar-refractivity contribution in [3.8, 4) is 10.6 Å². The molecule has 0 bridgehead atoms. The molecule has 25 heavy (non-hydrogen) atoms. The summed E-state index contributed by atoms with van der Waals surface area (Å²) in [6.07, 6.45) is 6.53. The summed E-state index contributed by atoms with van der Waals surface area (Å²) in [6, 6.07) is 10.9. The Labute approximate surface area is 160 Å². The highest BCUT2D eigenvalue weighted by atomic mass is 32.2. The molecule has 0 amide bonds. The fourth-order valence-corrected chi connectivity index (χ4v) is 5.62. The largest absolute Gasteiger partial charge is 0.357 e. The number of thioether (sulfide) groups is 1. The standard InChI is InChI=1S/C18H20N4S3/c1-3-7-13(8-4-1)16-19-15(11-23-16)12-24-18-22-21-17(25-18)20-14-9-5-2-6-10-14/h1,3-4,7-8,11,14H,2,5-6,9-10,12H2,(H,20,21). The second-order valence-corrected chi connectivity index (χ2v) is 9.21. The van der Waals surface area contributed by atoms with Crippen molar-refractivity contribution in [2.24, 2.45) is 0 Å². The van der Waals surface area contributed by atoms with Crippen molar-refractivity contribution in [1.29, 1.82) is 0 Å². The molecular formula is C18H20N4S3. The topological polar surface area (TPSA) is 50.7 Å². The number of nitrogens with zero attached hydrogens (tertiary/aromatic N) is 3. The van der Waals surface area contributed by atoms with E-state index in [1.54, 1.807) is 34.4 Å². The van der Waals surface area contributed by atoms with Crippen LogP contribution in [0, 0.1) is 0 Å². The van der Waals surface area contributed by atoms with Crippen LogP contribution in [-0.4, -0.2) is 21.2 Å². The van der Waals surface area contributed by atoms with E-state index in [0.717, 1.165) is 25.9 Å². The summed E-state index contributed by atoms with van der Waals surface area (Å²) in [6.45, 7) is 0. The number of nitrogens with one attached hydrogen (secondary N) is 1. The smallest absolute Gasteiger partial charge is 0.206 e. The van der Waals surface area contributed by atoms with E-state index in [1.807, 2.05) is 18.2 Å². The molecule has 2 heterocycles. The SMILES string of the molecule is c1ccc(-c2nc(CSc3nnc(NC4CCCCC4)s3)cs2)cc1. The van der Waals surface area contributed by atoms with Crippen LogP contribution in [0.2, 0.25) is 0 Å². The predicted molar refractivity (Wildman–Crippen MR) is 108 cm³/mol. The van der Waals surface area contributed by atoms with Crippen LogP contribution in [0.1, 0.15) is 37.8 Å². The lowest BCUT2D eigenvalue weighted by atomic mass is 9.96. The molecule has 1 saturated carbocycles. The molecule has 4 nitrogen and oxygen atoms in total. The molecule has 1 N–H and O–H groups in total. The Kier molecular flexibility index (Phi) is 5.64. The number of aromatic nitrogens is 3. The van der Waals surface area contributed by atoms with Crippen LogP contribution < -0.4 is 5.32 Å². The molecule has 1 aliphatic carbocycles. The van der Waals surface area contributed by atoms with Crippen molar-refractivity contribution in [3.63, 3.8) is 0 Å². The fraction of sp³-hybridized carbons (Fsp3) is 0.389. The number of hydrogen-bond acceptors (Lipinski definition) is 7. The highest BCUT2D eigenvalue weighted by molar-refractivity contribution is 8.00. The van der Waals surface area contributed by atoms with Gasteiger partial charge in [0, 0.05) is 22.7 Å². The van der Waals surface area contributed by atoms with Crippen molar-refractivity contribution in [2.75, 3.05) is 5.32 Å². The maximum Gasteiger partial charge on any atom is 0.206 e. The summed E-state index contributed by atoms with van der Waals surface area (Å²) in [5.74, 6) is 0.835. The molecule has 1 aliphatic rings. The summed E-state index contributed by atoms with van der Waals surface area (Å²) < 4.78 is 1.01. The Balaban J connectivity index is 1.32.